The van der Waals surface area contributed by atoms with Gasteiger partial charge in [0.2, 0.25) is 11.8 Å². The Kier molecular flexibility index (Phi) is 8.50. The Hall–Kier alpha value is -5.57. The summed E-state index contributed by atoms with van der Waals surface area (Å²) in [5, 5.41) is 33.0. The van der Waals surface area contributed by atoms with Crippen molar-refractivity contribution in [3.63, 3.8) is 0 Å². The van der Waals surface area contributed by atoms with E-state index in [-0.39, 0.29) is 30.7 Å². The number of para-hydroxylation sites is 1. The summed E-state index contributed by atoms with van der Waals surface area (Å²) in [7, 11) is 2.89. The second-order valence-electron chi connectivity index (χ2n) is 10.3. The van der Waals surface area contributed by atoms with E-state index in [0.717, 1.165) is 12.8 Å². The average molecular weight is 614 g/mol. The lowest BCUT2D eigenvalue weighted by Crippen LogP contribution is -2.46. The van der Waals surface area contributed by atoms with Gasteiger partial charge >= 0.3 is 0 Å². The predicted octanol–water partition coefficient (Wildman–Crippen LogP) is 2.20. The minimum Gasteiger partial charge on any atom is -0.504 e. The third kappa shape index (κ3) is 6.10. The molecule has 6 rings (SSSR count). The number of tetrazole rings is 1. The summed E-state index contributed by atoms with van der Waals surface area (Å²) in [5.41, 5.74) is 2.55. The van der Waals surface area contributed by atoms with Crippen LogP contribution < -0.4 is 19.7 Å². The topological polar surface area (TPSA) is 172 Å². The molecule has 0 radical (unpaired) electrons. The van der Waals surface area contributed by atoms with Crippen molar-refractivity contribution in [1.82, 2.24) is 40.5 Å². The molecule has 232 valence electrons. The number of amides is 2. The number of methoxy groups -OCH3 is 2. The van der Waals surface area contributed by atoms with Gasteiger partial charge in [0, 0.05) is 24.9 Å². The van der Waals surface area contributed by atoms with E-state index in [2.05, 4.69) is 31.2 Å². The monoisotopic (exact) mass is 613 g/mol. The van der Waals surface area contributed by atoms with Gasteiger partial charge in [-0.3, -0.25) is 14.5 Å². The highest BCUT2D eigenvalue weighted by molar-refractivity contribution is 6.02. The minimum atomic E-state index is -1.20. The van der Waals surface area contributed by atoms with Crippen LogP contribution in [0.3, 0.4) is 0 Å². The number of phenolic OH excluding ortho intramolecular Hbond substituents is 1. The molecule has 2 atom stereocenters. The first-order valence-corrected chi connectivity index (χ1v) is 14.2. The van der Waals surface area contributed by atoms with E-state index in [1.54, 1.807) is 30.3 Å². The summed E-state index contributed by atoms with van der Waals surface area (Å²) in [4.78, 5) is 30.0. The third-order valence-electron chi connectivity index (χ3n) is 7.57. The van der Waals surface area contributed by atoms with E-state index in [1.165, 1.54) is 46.9 Å². The van der Waals surface area contributed by atoms with E-state index in [1.807, 2.05) is 18.2 Å². The molecule has 15 heteroatoms. The van der Waals surface area contributed by atoms with Crippen LogP contribution >= 0.6 is 0 Å². The summed E-state index contributed by atoms with van der Waals surface area (Å²) >= 11 is 0. The Balaban J connectivity index is 1.46. The van der Waals surface area contributed by atoms with Crippen LogP contribution in [0.5, 0.6) is 17.2 Å². The van der Waals surface area contributed by atoms with Crippen LogP contribution in [0.15, 0.2) is 67.0 Å². The second-order valence-corrected chi connectivity index (χ2v) is 10.3. The van der Waals surface area contributed by atoms with Crippen molar-refractivity contribution in [1.29, 1.82) is 0 Å². The molecule has 3 heterocycles. The summed E-state index contributed by atoms with van der Waals surface area (Å²) < 4.78 is 19.7. The molecule has 0 saturated carbocycles. The quantitative estimate of drug-likeness (QED) is 0.224. The van der Waals surface area contributed by atoms with Crippen molar-refractivity contribution in [3.05, 3.63) is 72.6 Å². The molecule has 2 aromatic heterocycles. The minimum absolute atomic E-state index is 0.112. The van der Waals surface area contributed by atoms with Crippen LogP contribution in [0.25, 0.3) is 16.7 Å². The number of carbonyl (C=O) groups is 2. The molecule has 1 aliphatic heterocycles. The molecule has 1 saturated heterocycles. The number of rotatable bonds is 11. The van der Waals surface area contributed by atoms with E-state index >= 15 is 0 Å². The molecule has 0 unspecified atom stereocenters. The maximum absolute atomic E-state index is 14.4. The fourth-order valence-electron chi connectivity index (χ4n) is 5.35. The zero-order valence-corrected chi connectivity index (χ0v) is 24.6. The first-order valence-electron chi connectivity index (χ1n) is 14.2. The molecule has 1 fully saturated rings. The molecule has 5 aromatic rings. The third-order valence-corrected chi connectivity index (χ3v) is 7.57. The maximum atomic E-state index is 14.4. The fourth-order valence-corrected chi connectivity index (χ4v) is 5.35. The van der Waals surface area contributed by atoms with E-state index in [4.69, 9.17) is 14.2 Å². The van der Waals surface area contributed by atoms with E-state index in [9.17, 15) is 14.7 Å². The molecule has 1 aliphatic rings. The van der Waals surface area contributed by atoms with Gasteiger partial charge in [-0.05, 0) is 65.2 Å². The van der Waals surface area contributed by atoms with Gasteiger partial charge < -0.3 is 24.6 Å². The summed E-state index contributed by atoms with van der Waals surface area (Å²) in [6.07, 6.45) is 3.00. The Bertz CT molecular complexity index is 1800. The van der Waals surface area contributed by atoms with Gasteiger partial charge in [-0.1, -0.05) is 23.4 Å². The second kappa shape index (κ2) is 13.0. The molecular formula is C30H31N9O6. The van der Waals surface area contributed by atoms with Gasteiger partial charge in [0.25, 0.3) is 0 Å². The SMILES string of the molecule is COc1cc([C@H](C(=O)NC[C@H]2CCCO2)N(C(=O)Cn2nnc3ccccc32)c2ccc(-n3cnnn3)c(OC)c2)ccc1O. The van der Waals surface area contributed by atoms with Crippen LogP contribution in [0.4, 0.5) is 5.69 Å². The molecule has 0 bridgehead atoms. The van der Waals surface area contributed by atoms with Gasteiger partial charge in [0.15, 0.2) is 11.5 Å². The summed E-state index contributed by atoms with van der Waals surface area (Å²) in [6, 6.07) is 15.6. The first kappa shape index (κ1) is 29.5. The smallest absolute Gasteiger partial charge is 0.249 e. The number of fused-ring (bicyclic) bond motifs is 1. The number of hydrogen-bond acceptors (Lipinski definition) is 11. The number of aromatic nitrogens is 7. The van der Waals surface area contributed by atoms with Crippen molar-refractivity contribution in [2.45, 2.75) is 31.5 Å². The highest BCUT2D eigenvalue weighted by Gasteiger charge is 2.35. The number of anilines is 1. The molecular weight excluding hydrogens is 582 g/mol. The van der Waals surface area contributed by atoms with Gasteiger partial charge in [-0.25, -0.2) is 4.68 Å². The predicted molar refractivity (Wildman–Crippen MR) is 160 cm³/mol. The van der Waals surface area contributed by atoms with Crippen molar-refractivity contribution < 1.29 is 28.9 Å². The van der Waals surface area contributed by atoms with E-state index in [0.29, 0.717) is 40.3 Å². The Morgan fingerprint density at radius 2 is 1.93 bits per heavy atom. The van der Waals surface area contributed by atoms with Crippen molar-refractivity contribution in [2.75, 3.05) is 32.3 Å². The van der Waals surface area contributed by atoms with Crippen LogP contribution in [0.2, 0.25) is 0 Å². The van der Waals surface area contributed by atoms with Crippen molar-refractivity contribution in [2.24, 2.45) is 0 Å². The lowest BCUT2D eigenvalue weighted by Gasteiger charge is -2.32. The summed E-state index contributed by atoms with van der Waals surface area (Å²) in [5.74, 6) is -0.541. The number of hydrogen-bond donors (Lipinski definition) is 2. The van der Waals surface area contributed by atoms with Crippen LogP contribution in [-0.2, 0) is 20.9 Å². The zero-order valence-electron chi connectivity index (χ0n) is 24.6. The average Bonchev–Trinajstić information content (AvgIpc) is 3.86. The number of benzene rings is 3. The number of nitrogens with one attached hydrogen (secondary N) is 1. The van der Waals surface area contributed by atoms with Crippen LogP contribution in [0.1, 0.15) is 24.4 Å². The molecule has 45 heavy (non-hydrogen) atoms. The van der Waals surface area contributed by atoms with Gasteiger partial charge in [-0.2, -0.15) is 4.68 Å². The zero-order chi connectivity index (χ0) is 31.3. The number of ether oxygens (including phenoxy) is 3. The van der Waals surface area contributed by atoms with Gasteiger partial charge in [0.05, 0.1) is 25.8 Å². The maximum Gasteiger partial charge on any atom is 0.249 e. The summed E-state index contributed by atoms with van der Waals surface area (Å²) in [6.45, 7) is 0.660. The number of aromatic hydroxyl groups is 1. The highest BCUT2D eigenvalue weighted by atomic mass is 16.5. The van der Waals surface area contributed by atoms with Gasteiger partial charge in [-0.15, -0.1) is 10.2 Å². The lowest BCUT2D eigenvalue weighted by atomic mass is 10.0. The van der Waals surface area contributed by atoms with Crippen LogP contribution in [-0.4, -0.2) is 85.6 Å². The van der Waals surface area contributed by atoms with Crippen LogP contribution in [0, 0.1) is 0 Å². The highest BCUT2D eigenvalue weighted by Crippen LogP contribution is 2.36. The first-order chi connectivity index (χ1) is 22.0. The molecule has 2 N–H and O–H groups in total. The molecule has 15 nitrogen and oxygen atoms in total. The molecule has 0 spiro atoms. The molecule has 0 aliphatic carbocycles. The number of carbonyl (C=O) groups excluding carboxylic acids is 2. The fraction of sp³-hybridized carbons (Fsp3) is 0.300. The standard InChI is InChI=1S/C30H31N9O6/c1-43-26-15-20(10-11-24(26)38-18-32-34-36-38)39(28(41)17-37-23-8-4-3-7-22(23)33-35-37)29(19-9-12-25(40)27(14-19)44-2)30(42)31-16-21-6-5-13-45-21/h3-4,7-12,14-15,18,21,29,40H,5-6,13,16-17H2,1-2H3,(H,31,42)/t21-,29-/m1/s1. The molecule has 2 amide bonds. The van der Waals surface area contributed by atoms with Crippen molar-refractivity contribution in [3.8, 4) is 22.9 Å². The number of nitrogens with zero attached hydrogens (tertiary/aromatic N) is 8. The van der Waals surface area contributed by atoms with E-state index < -0.39 is 17.9 Å². The Morgan fingerprint density at radius 1 is 1.09 bits per heavy atom. The Labute approximate surface area is 257 Å². The largest absolute Gasteiger partial charge is 0.504 e. The van der Waals surface area contributed by atoms with Gasteiger partial charge in [0.1, 0.15) is 35.9 Å². The lowest BCUT2D eigenvalue weighted by molar-refractivity contribution is -0.127. The molecule has 3 aromatic carbocycles. The Morgan fingerprint density at radius 3 is 2.69 bits per heavy atom. The normalized spacial score (nSPS) is 15.1. The number of phenols is 1. The van der Waals surface area contributed by atoms with Crippen molar-refractivity contribution >= 4 is 28.5 Å².